The molecule has 1 atom stereocenters. The van der Waals surface area contributed by atoms with Crippen LogP contribution in [0.5, 0.6) is 0 Å². The van der Waals surface area contributed by atoms with Crippen molar-refractivity contribution in [1.29, 1.82) is 0 Å². The Morgan fingerprint density at radius 1 is 1.11 bits per heavy atom. The van der Waals surface area contributed by atoms with Gasteiger partial charge in [-0.2, -0.15) is 9.97 Å². The van der Waals surface area contributed by atoms with E-state index in [-0.39, 0.29) is 29.7 Å². The van der Waals surface area contributed by atoms with Gasteiger partial charge >= 0.3 is 0 Å². The van der Waals surface area contributed by atoms with Crippen molar-refractivity contribution in [1.82, 2.24) is 30.2 Å². The molecule has 0 spiro atoms. The number of alkyl halides is 2. The Hall–Kier alpha value is -3.87. The highest BCUT2D eigenvalue weighted by Crippen LogP contribution is 2.30. The third-order valence-electron chi connectivity index (χ3n) is 7.15. The number of nitrogens with one attached hydrogen (secondary N) is 3. The van der Waals surface area contributed by atoms with E-state index < -0.39 is 12.5 Å². The maximum Gasteiger partial charge on any atom is 0.296 e. The summed E-state index contributed by atoms with van der Waals surface area (Å²) in [5.74, 6) is 0.586. The molecule has 0 unspecified atom stereocenters. The minimum absolute atomic E-state index is 0.0134. The third kappa shape index (κ3) is 4.85. The third-order valence-corrected chi connectivity index (χ3v) is 7.15. The maximum atomic E-state index is 14.0. The van der Waals surface area contributed by atoms with Crippen molar-refractivity contribution in [3.05, 3.63) is 36.2 Å². The van der Waals surface area contributed by atoms with E-state index in [1.165, 1.54) is 4.57 Å². The van der Waals surface area contributed by atoms with Gasteiger partial charge in [-0.25, -0.2) is 13.8 Å². The Kier molecular flexibility index (Phi) is 6.52. The normalized spacial score (nSPS) is 23.4. The summed E-state index contributed by atoms with van der Waals surface area (Å²) in [6.45, 7) is 2.23. The summed E-state index contributed by atoms with van der Waals surface area (Å²) in [5, 5.41) is 9.06. The lowest BCUT2D eigenvalue weighted by atomic mass is 9.86. The number of benzene rings is 1. The molecule has 2 saturated heterocycles. The SMILES string of the molecule is O=C1CC[C@H](C(=O)NC2CC(Nc3cc(-n4c(C(F)F)nc5ccccc54)nc(N4CCOCC4)n3)C2)N1. The molecule has 38 heavy (non-hydrogen) atoms. The molecular formula is C25H28F2N8O3. The fraction of sp³-hybridized carbons (Fsp3) is 0.480. The number of amides is 2. The maximum absolute atomic E-state index is 14.0. The number of halogens is 2. The summed E-state index contributed by atoms with van der Waals surface area (Å²) in [6, 6.07) is 8.18. The van der Waals surface area contributed by atoms with E-state index in [0.717, 1.165) is 0 Å². The molecule has 1 aromatic carbocycles. The van der Waals surface area contributed by atoms with Gasteiger partial charge in [-0.05, 0) is 31.4 Å². The molecule has 3 fully saturated rings. The summed E-state index contributed by atoms with van der Waals surface area (Å²) in [7, 11) is 0. The first-order chi connectivity index (χ1) is 18.4. The number of morpholine rings is 1. The zero-order valence-electron chi connectivity index (χ0n) is 20.6. The zero-order chi connectivity index (χ0) is 26.2. The highest BCUT2D eigenvalue weighted by molar-refractivity contribution is 5.91. The van der Waals surface area contributed by atoms with E-state index in [9.17, 15) is 18.4 Å². The van der Waals surface area contributed by atoms with Gasteiger partial charge in [0.25, 0.3) is 6.43 Å². The number of carbonyl (C=O) groups is 2. The molecule has 2 aromatic heterocycles. The Labute approximate surface area is 217 Å². The average molecular weight is 527 g/mol. The lowest BCUT2D eigenvalue weighted by molar-refractivity contribution is -0.126. The second-order valence-corrected chi connectivity index (χ2v) is 9.78. The van der Waals surface area contributed by atoms with Crippen LogP contribution < -0.4 is 20.9 Å². The number of ether oxygens (including phenoxy) is 1. The number of hydrogen-bond acceptors (Lipinski definition) is 8. The minimum Gasteiger partial charge on any atom is -0.378 e. The molecule has 2 aliphatic heterocycles. The highest BCUT2D eigenvalue weighted by atomic mass is 19.3. The van der Waals surface area contributed by atoms with Gasteiger partial charge in [0.05, 0.1) is 24.2 Å². The molecule has 6 rings (SSSR count). The van der Waals surface area contributed by atoms with Crippen LogP contribution in [0, 0.1) is 0 Å². The van der Waals surface area contributed by atoms with Crippen LogP contribution in [0.25, 0.3) is 16.9 Å². The van der Waals surface area contributed by atoms with E-state index in [0.29, 0.717) is 80.6 Å². The second-order valence-electron chi connectivity index (χ2n) is 9.78. The standard InChI is InChI=1S/C25H28F2N8O3/c26-22(27)23-31-16-3-1-2-4-18(16)35(23)20-13-19(32-25(33-20)34-7-9-38-10-8-34)28-14-11-15(12-14)29-24(37)17-5-6-21(36)30-17/h1-4,13-15,17,22H,5-12H2,(H,29,37)(H,30,36)(H,28,32,33)/t14?,15?,17-/m1/s1. The van der Waals surface area contributed by atoms with Crippen molar-refractivity contribution in [3.8, 4) is 5.82 Å². The van der Waals surface area contributed by atoms with Crippen molar-refractivity contribution in [2.24, 2.45) is 0 Å². The molecule has 13 heteroatoms. The van der Waals surface area contributed by atoms with Crippen LogP contribution >= 0.6 is 0 Å². The molecule has 0 radical (unpaired) electrons. The number of anilines is 2. The Bertz CT molecular complexity index is 1350. The van der Waals surface area contributed by atoms with Gasteiger partial charge in [0, 0.05) is 37.7 Å². The Morgan fingerprint density at radius 2 is 1.89 bits per heavy atom. The van der Waals surface area contributed by atoms with Crippen LogP contribution in [0.1, 0.15) is 37.9 Å². The molecule has 3 aromatic rings. The van der Waals surface area contributed by atoms with Gasteiger partial charge in [-0.15, -0.1) is 0 Å². The molecule has 3 N–H and O–H groups in total. The number of hydrogen-bond donors (Lipinski definition) is 3. The van der Waals surface area contributed by atoms with Crippen LogP contribution in [-0.4, -0.2) is 75.8 Å². The van der Waals surface area contributed by atoms with E-state index in [4.69, 9.17) is 9.72 Å². The predicted molar refractivity (Wildman–Crippen MR) is 134 cm³/mol. The topological polar surface area (TPSA) is 126 Å². The molecule has 11 nitrogen and oxygen atoms in total. The van der Waals surface area contributed by atoms with Gasteiger partial charge < -0.3 is 25.6 Å². The van der Waals surface area contributed by atoms with Gasteiger partial charge in [0.1, 0.15) is 17.7 Å². The first-order valence-electron chi connectivity index (χ1n) is 12.8. The number of rotatable bonds is 7. The van der Waals surface area contributed by atoms with Crippen LogP contribution in [0.3, 0.4) is 0 Å². The fourth-order valence-corrected chi connectivity index (χ4v) is 5.12. The quantitative estimate of drug-likeness (QED) is 0.427. The first kappa shape index (κ1) is 24.5. The molecule has 0 bridgehead atoms. The molecule has 4 heterocycles. The Balaban J connectivity index is 1.24. The summed E-state index contributed by atoms with van der Waals surface area (Å²) < 4.78 is 34.9. The smallest absolute Gasteiger partial charge is 0.296 e. The van der Waals surface area contributed by atoms with E-state index in [1.54, 1.807) is 30.3 Å². The van der Waals surface area contributed by atoms with Gasteiger partial charge in [-0.3, -0.25) is 14.2 Å². The number of carbonyl (C=O) groups excluding carboxylic acids is 2. The monoisotopic (exact) mass is 526 g/mol. The average Bonchev–Trinajstić information content (AvgIpc) is 3.52. The molecule has 2 amide bonds. The van der Waals surface area contributed by atoms with Crippen molar-refractivity contribution in [2.45, 2.75) is 50.2 Å². The molecule has 3 aliphatic rings. The van der Waals surface area contributed by atoms with Crippen LogP contribution in [-0.2, 0) is 14.3 Å². The van der Waals surface area contributed by atoms with E-state index >= 15 is 0 Å². The zero-order valence-corrected chi connectivity index (χ0v) is 20.6. The summed E-state index contributed by atoms with van der Waals surface area (Å²) in [5.41, 5.74) is 0.991. The lowest BCUT2D eigenvalue weighted by Gasteiger charge is -2.37. The van der Waals surface area contributed by atoms with Gasteiger partial charge in [0.2, 0.25) is 17.8 Å². The fourth-order valence-electron chi connectivity index (χ4n) is 5.12. The minimum atomic E-state index is -2.79. The largest absolute Gasteiger partial charge is 0.378 e. The van der Waals surface area contributed by atoms with Crippen molar-refractivity contribution in [2.75, 3.05) is 36.5 Å². The van der Waals surface area contributed by atoms with Gasteiger partial charge in [0.15, 0.2) is 5.82 Å². The second kappa shape index (κ2) is 10.1. The predicted octanol–water partition coefficient (Wildman–Crippen LogP) is 1.93. The number of aromatic nitrogens is 4. The van der Waals surface area contributed by atoms with Crippen molar-refractivity contribution in [3.63, 3.8) is 0 Å². The lowest BCUT2D eigenvalue weighted by Crippen LogP contribution is -2.53. The molecule has 1 saturated carbocycles. The first-order valence-corrected chi connectivity index (χ1v) is 12.8. The van der Waals surface area contributed by atoms with E-state index in [2.05, 4.69) is 25.9 Å². The highest BCUT2D eigenvalue weighted by Gasteiger charge is 2.34. The summed E-state index contributed by atoms with van der Waals surface area (Å²) >= 11 is 0. The number of fused-ring (bicyclic) bond motifs is 1. The van der Waals surface area contributed by atoms with Crippen LogP contribution in [0.15, 0.2) is 30.3 Å². The molecule has 1 aliphatic carbocycles. The Morgan fingerprint density at radius 3 is 2.63 bits per heavy atom. The number of para-hydroxylation sites is 2. The summed E-state index contributed by atoms with van der Waals surface area (Å²) in [6.07, 6.45) is -0.560. The molecular weight excluding hydrogens is 498 g/mol. The van der Waals surface area contributed by atoms with Crippen LogP contribution in [0.4, 0.5) is 20.5 Å². The van der Waals surface area contributed by atoms with Crippen molar-refractivity contribution >= 4 is 34.6 Å². The van der Waals surface area contributed by atoms with Gasteiger partial charge in [-0.1, -0.05) is 12.1 Å². The molecule has 200 valence electrons. The van der Waals surface area contributed by atoms with Crippen molar-refractivity contribution < 1.29 is 23.1 Å². The summed E-state index contributed by atoms with van der Waals surface area (Å²) in [4.78, 5) is 39.3. The number of imidazole rings is 1. The number of nitrogens with zero attached hydrogens (tertiary/aromatic N) is 5. The van der Waals surface area contributed by atoms with E-state index in [1.807, 2.05) is 4.90 Å². The van der Waals surface area contributed by atoms with Crippen LogP contribution in [0.2, 0.25) is 0 Å².